The molecule has 1 aliphatic carbocycles. The van der Waals surface area contributed by atoms with E-state index >= 15 is 0 Å². The Morgan fingerprint density at radius 3 is 2.65 bits per heavy atom. The molecule has 1 aliphatic heterocycles. The summed E-state index contributed by atoms with van der Waals surface area (Å²) < 4.78 is 10.7. The fourth-order valence-corrected chi connectivity index (χ4v) is 1.95. The van der Waals surface area contributed by atoms with Crippen molar-refractivity contribution < 1.29 is 9.47 Å². The second-order valence-corrected chi connectivity index (χ2v) is 4.43. The quantitative estimate of drug-likeness (QED) is 0.583. The van der Waals surface area contributed by atoms with Crippen molar-refractivity contribution in [1.82, 2.24) is 0 Å². The lowest BCUT2D eigenvalue weighted by Crippen LogP contribution is -2.03. The first-order chi connectivity index (χ1) is 8.42. The second kappa shape index (κ2) is 4.76. The predicted octanol–water partition coefficient (Wildman–Crippen LogP) is 3.20. The molecule has 3 rings (SSSR count). The van der Waals surface area contributed by atoms with Crippen LogP contribution >= 0.6 is 0 Å². The summed E-state index contributed by atoms with van der Waals surface area (Å²) in [5, 5.41) is 0. The van der Waals surface area contributed by atoms with E-state index < -0.39 is 0 Å². The molecule has 0 saturated carbocycles. The van der Waals surface area contributed by atoms with Gasteiger partial charge < -0.3 is 9.47 Å². The van der Waals surface area contributed by atoms with Crippen LogP contribution in [0.1, 0.15) is 18.4 Å². The average Bonchev–Trinajstić information content (AvgIpc) is 3.22. The van der Waals surface area contributed by atoms with Crippen molar-refractivity contribution in [3.63, 3.8) is 0 Å². The molecule has 1 heterocycles. The number of epoxide rings is 1. The topological polar surface area (TPSA) is 21.8 Å². The van der Waals surface area contributed by atoms with Gasteiger partial charge in [0.15, 0.2) is 0 Å². The van der Waals surface area contributed by atoms with Crippen LogP contribution in [-0.2, 0) is 4.74 Å². The molecule has 0 aromatic heterocycles. The zero-order valence-corrected chi connectivity index (χ0v) is 9.76. The maximum absolute atomic E-state index is 5.61. The van der Waals surface area contributed by atoms with Crippen LogP contribution in [0.25, 0.3) is 5.57 Å². The highest BCUT2D eigenvalue weighted by Gasteiger charge is 2.22. The molecule has 0 amide bonds. The van der Waals surface area contributed by atoms with Crippen molar-refractivity contribution in [3.8, 4) is 5.75 Å². The molecule has 0 N–H and O–H groups in total. The molecular formula is C15H16O2. The van der Waals surface area contributed by atoms with Gasteiger partial charge in [-0.25, -0.2) is 0 Å². The van der Waals surface area contributed by atoms with Gasteiger partial charge in [0.05, 0.1) is 6.61 Å². The van der Waals surface area contributed by atoms with Crippen molar-refractivity contribution in [3.05, 3.63) is 48.1 Å². The molecule has 2 aliphatic rings. The van der Waals surface area contributed by atoms with Gasteiger partial charge in [-0.2, -0.15) is 0 Å². The van der Waals surface area contributed by atoms with Gasteiger partial charge in [0.1, 0.15) is 18.5 Å². The minimum atomic E-state index is 0.320. The van der Waals surface area contributed by atoms with Crippen LogP contribution in [0.2, 0.25) is 0 Å². The number of hydrogen-bond acceptors (Lipinski definition) is 2. The third-order valence-corrected chi connectivity index (χ3v) is 3.07. The Morgan fingerprint density at radius 1 is 1.18 bits per heavy atom. The minimum absolute atomic E-state index is 0.320. The summed E-state index contributed by atoms with van der Waals surface area (Å²) in [6, 6.07) is 8.34. The van der Waals surface area contributed by atoms with E-state index in [0.717, 1.165) is 25.2 Å². The number of benzene rings is 1. The van der Waals surface area contributed by atoms with Gasteiger partial charge in [0.25, 0.3) is 0 Å². The zero-order valence-electron chi connectivity index (χ0n) is 9.76. The molecule has 17 heavy (non-hydrogen) atoms. The summed E-state index contributed by atoms with van der Waals surface area (Å²) in [7, 11) is 0. The van der Waals surface area contributed by atoms with Crippen LogP contribution in [0.5, 0.6) is 5.75 Å². The van der Waals surface area contributed by atoms with Crippen molar-refractivity contribution in [2.75, 3.05) is 13.2 Å². The third-order valence-electron chi connectivity index (χ3n) is 3.07. The molecule has 0 bridgehead atoms. The first-order valence-corrected chi connectivity index (χ1v) is 6.11. The molecule has 2 nitrogen and oxygen atoms in total. The van der Waals surface area contributed by atoms with E-state index in [1.54, 1.807) is 0 Å². The van der Waals surface area contributed by atoms with E-state index in [-0.39, 0.29) is 0 Å². The van der Waals surface area contributed by atoms with Crippen LogP contribution in [-0.4, -0.2) is 19.3 Å². The monoisotopic (exact) mass is 228 g/mol. The lowest BCUT2D eigenvalue weighted by molar-refractivity contribution is 0.263. The van der Waals surface area contributed by atoms with Crippen molar-refractivity contribution in [2.24, 2.45) is 0 Å². The van der Waals surface area contributed by atoms with Crippen LogP contribution in [0.15, 0.2) is 42.5 Å². The molecule has 1 aromatic carbocycles. The summed E-state index contributed by atoms with van der Waals surface area (Å²) in [6.45, 7) is 1.52. The zero-order chi connectivity index (χ0) is 11.5. The molecule has 0 radical (unpaired) electrons. The number of rotatable bonds is 4. The number of hydrogen-bond donors (Lipinski definition) is 0. The molecular weight excluding hydrogens is 212 g/mol. The maximum atomic E-state index is 5.61. The summed E-state index contributed by atoms with van der Waals surface area (Å²) >= 11 is 0. The van der Waals surface area contributed by atoms with E-state index in [0.29, 0.717) is 12.7 Å². The molecule has 1 aromatic rings. The maximum Gasteiger partial charge on any atom is 0.119 e. The first kappa shape index (κ1) is 10.6. The molecule has 1 unspecified atom stereocenters. The summed E-state index contributed by atoms with van der Waals surface area (Å²) in [4.78, 5) is 0. The van der Waals surface area contributed by atoms with Crippen LogP contribution in [0.3, 0.4) is 0 Å². The standard InChI is InChI=1S/C15H16O2/c1-2-4-12(5-3-1)13-6-8-14(9-7-13)16-10-15-11-17-15/h1-2,5-9,15H,3-4,10-11H2. The Morgan fingerprint density at radius 2 is 2.00 bits per heavy atom. The van der Waals surface area contributed by atoms with Gasteiger partial charge in [-0.15, -0.1) is 0 Å². The molecule has 88 valence electrons. The minimum Gasteiger partial charge on any atom is -0.491 e. The van der Waals surface area contributed by atoms with Gasteiger partial charge in [-0.1, -0.05) is 30.4 Å². The number of ether oxygens (including phenoxy) is 2. The highest BCUT2D eigenvalue weighted by Crippen LogP contribution is 2.25. The normalized spacial score (nSPS) is 22.1. The van der Waals surface area contributed by atoms with Crippen LogP contribution in [0, 0.1) is 0 Å². The Bertz CT molecular complexity index is 438. The first-order valence-electron chi connectivity index (χ1n) is 6.11. The smallest absolute Gasteiger partial charge is 0.119 e. The summed E-state index contributed by atoms with van der Waals surface area (Å²) in [5.41, 5.74) is 2.70. The molecule has 1 atom stereocenters. The van der Waals surface area contributed by atoms with E-state index in [4.69, 9.17) is 9.47 Å². The fourth-order valence-electron chi connectivity index (χ4n) is 1.95. The highest BCUT2D eigenvalue weighted by atomic mass is 16.6. The Hall–Kier alpha value is -1.54. The molecule has 1 saturated heterocycles. The highest BCUT2D eigenvalue weighted by molar-refractivity contribution is 5.68. The van der Waals surface area contributed by atoms with E-state index in [2.05, 4.69) is 30.4 Å². The van der Waals surface area contributed by atoms with Crippen LogP contribution in [0.4, 0.5) is 0 Å². The molecule has 0 spiro atoms. The fraction of sp³-hybridized carbons (Fsp3) is 0.333. The van der Waals surface area contributed by atoms with Gasteiger partial charge in [-0.05, 0) is 36.1 Å². The van der Waals surface area contributed by atoms with Gasteiger partial charge >= 0.3 is 0 Å². The Labute approximate surface area is 102 Å². The van der Waals surface area contributed by atoms with Crippen LogP contribution < -0.4 is 4.74 Å². The largest absolute Gasteiger partial charge is 0.491 e. The Balaban J connectivity index is 1.64. The second-order valence-electron chi connectivity index (χ2n) is 4.43. The Kier molecular flexibility index (Phi) is 2.97. The van der Waals surface area contributed by atoms with Crippen molar-refractivity contribution in [2.45, 2.75) is 18.9 Å². The number of allylic oxidation sites excluding steroid dienone is 4. The predicted molar refractivity (Wildman–Crippen MR) is 68.0 cm³/mol. The summed E-state index contributed by atoms with van der Waals surface area (Å²) in [5.74, 6) is 0.927. The van der Waals surface area contributed by atoms with Gasteiger partial charge in [0, 0.05) is 0 Å². The molecule has 2 heteroatoms. The third kappa shape index (κ3) is 2.77. The van der Waals surface area contributed by atoms with E-state index in [9.17, 15) is 0 Å². The SMILES string of the molecule is C1=CCC(c2ccc(OCC3CO3)cc2)=CC1. The van der Waals surface area contributed by atoms with Crippen molar-refractivity contribution in [1.29, 1.82) is 0 Å². The average molecular weight is 228 g/mol. The van der Waals surface area contributed by atoms with E-state index in [1.165, 1.54) is 11.1 Å². The lowest BCUT2D eigenvalue weighted by atomic mass is 9.98. The van der Waals surface area contributed by atoms with Gasteiger partial charge in [-0.3, -0.25) is 0 Å². The lowest BCUT2D eigenvalue weighted by Gasteiger charge is -2.10. The summed E-state index contributed by atoms with van der Waals surface area (Å²) in [6.07, 6.45) is 9.12. The molecule has 1 fully saturated rings. The van der Waals surface area contributed by atoms with E-state index in [1.807, 2.05) is 12.1 Å². The van der Waals surface area contributed by atoms with Gasteiger partial charge in [0.2, 0.25) is 0 Å². The van der Waals surface area contributed by atoms with Crippen molar-refractivity contribution >= 4 is 5.57 Å².